The van der Waals surface area contributed by atoms with E-state index < -0.39 is 0 Å². The van der Waals surface area contributed by atoms with Gasteiger partial charge in [-0.2, -0.15) is 5.26 Å². The summed E-state index contributed by atoms with van der Waals surface area (Å²) in [6.07, 6.45) is 1.61. The maximum absolute atomic E-state index is 8.91. The van der Waals surface area contributed by atoms with Crippen molar-refractivity contribution in [3.63, 3.8) is 0 Å². The fourth-order valence-corrected chi connectivity index (χ4v) is 2.53. The molecule has 0 radical (unpaired) electrons. The predicted molar refractivity (Wildman–Crippen MR) is 68.9 cm³/mol. The number of aromatic nitrogens is 1. The first-order valence-electron chi connectivity index (χ1n) is 5.63. The van der Waals surface area contributed by atoms with Crippen LogP contribution in [0.3, 0.4) is 0 Å². The van der Waals surface area contributed by atoms with Crippen molar-refractivity contribution in [1.82, 2.24) is 4.98 Å². The van der Waals surface area contributed by atoms with E-state index in [1.54, 1.807) is 12.3 Å². The molecule has 1 saturated carbocycles. The van der Waals surface area contributed by atoms with Crippen LogP contribution in [-0.2, 0) is 0 Å². The third-order valence-electron chi connectivity index (χ3n) is 4.31. The van der Waals surface area contributed by atoms with Gasteiger partial charge in [0, 0.05) is 12.2 Å². The molecule has 0 unspecified atom stereocenters. The average Bonchev–Trinajstić information content (AvgIpc) is 2.63. The molecule has 0 atom stereocenters. The highest BCUT2D eigenvalue weighted by Gasteiger charge is 2.65. The molecule has 1 aliphatic rings. The van der Waals surface area contributed by atoms with E-state index in [1.165, 1.54) is 0 Å². The van der Waals surface area contributed by atoms with Gasteiger partial charge in [-0.15, -0.1) is 0 Å². The standard InChI is InChI=1S/C13H16ClN3/c1-12(2)11(13(12,3)4)17-10-9(14)8(7-15)5-6-16-10/h5-6,11H,1-4H3,(H,16,17). The number of anilines is 1. The zero-order valence-corrected chi connectivity index (χ0v) is 11.3. The lowest BCUT2D eigenvalue weighted by Crippen LogP contribution is -2.11. The minimum Gasteiger partial charge on any atom is -0.365 e. The Morgan fingerprint density at radius 3 is 2.41 bits per heavy atom. The molecular weight excluding hydrogens is 234 g/mol. The molecule has 1 heterocycles. The van der Waals surface area contributed by atoms with Gasteiger partial charge in [-0.1, -0.05) is 39.3 Å². The smallest absolute Gasteiger partial charge is 0.146 e. The highest BCUT2D eigenvalue weighted by atomic mass is 35.5. The van der Waals surface area contributed by atoms with E-state index in [2.05, 4.69) is 44.1 Å². The van der Waals surface area contributed by atoms with E-state index in [0.29, 0.717) is 22.4 Å². The SMILES string of the molecule is CC1(C)C(Nc2nccc(C#N)c2Cl)C1(C)C. The summed E-state index contributed by atoms with van der Waals surface area (Å²) in [5, 5.41) is 12.7. The Bertz CT molecular complexity index is 486. The molecule has 1 aromatic heterocycles. The fraction of sp³-hybridized carbons (Fsp3) is 0.538. The molecule has 1 aliphatic carbocycles. The predicted octanol–water partition coefficient (Wildman–Crippen LogP) is 3.45. The Morgan fingerprint density at radius 1 is 1.35 bits per heavy atom. The Hall–Kier alpha value is -1.27. The molecule has 0 aromatic carbocycles. The van der Waals surface area contributed by atoms with Crippen molar-refractivity contribution in [2.75, 3.05) is 5.32 Å². The van der Waals surface area contributed by atoms with Gasteiger partial charge in [0.25, 0.3) is 0 Å². The van der Waals surface area contributed by atoms with Crippen molar-refractivity contribution in [1.29, 1.82) is 5.26 Å². The number of halogens is 1. The second kappa shape index (κ2) is 3.61. The molecule has 0 aliphatic heterocycles. The summed E-state index contributed by atoms with van der Waals surface area (Å²) in [6.45, 7) is 8.86. The van der Waals surface area contributed by atoms with Crippen LogP contribution in [0.1, 0.15) is 33.3 Å². The molecule has 1 aromatic rings. The molecule has 2 rings (SSSR count). The zero-order valence-electron chi connectivity index (χ0n) is 10.5. The second-order valence-corrected chi connectivity index (χ2v) is 6.03. The van der Waals surface area contributed by atoms with Crippen molar-refractivity contribution in [2.45, 2.75) is 33.7 Å². The number of rotatable bonds is 2. The minimum atomic E-state index is 0.209. The summed E-state index contributed by atoms with van der Waals surface area (Å²) < 4.78 is 0. The summed E-state index contributed by atoms with van der Waals surface area (Å²) in [5.41, 5.74) is 0.877. The first kappa shape index (κ1) is 12.2. The molecule has 90 valence electrons. The maximum Gasteiger partial charge on any atom is 0.146 e. The van der Waals surface area contributed by atoms with Gasteiger partial charge in [-0.25, -0.2) is 4.98 Å². The minimum absolute atomic E-state index is 0.209. The van der Waals surface area contributed by atoms with Crippen LogP contribution in [-0.4, -0.2) is 11.0 Å². The van der Waals surface area contributed by atoms with Crippen molar-refractivity contribution in [3.8, 4) is 6.07 Å². The van der Waals surface area contributed by atoms with Gasteiger partial charge in [0.2, 0.25) is 0 Å². The summed E-state index contributed by atoms with van der Waals surface area (Å²) in [5.74, 6) is 0.606. The van der Waals surface area contributed by atoms with E-state index in [-0.39, 0.29) is 10.8 Å². The maximum atomic E-state index is 8.91. The van der Waals surface area contributed by atoms with Crippen molar-refractivity contribution in [2.24, 2.45) is 10.8 Å². The van der Waals surface area contributed by atoms with Crippen LogP contribution >= 0.6 is 11.6 Å². The molecule has 4 heteroatoms. The Balaban J connectivity index is 2.26. The molecule has 0 spiro atoms. The van der Waals surface area contributed by atoms with Crippen LogP contribution in [0.2, 0.25) is 5.02 Å². The van der Waals surface area contributed by atoms with Gasteiger partial charge in [0.05, 0.1) is 5.56 Å². The molecule has 0 amide bonds. The van der Waals surface area contributed by atoms with Gasteiger partial charge in [0.1, 0.15) is 16.9 Å². The van der Waals surface area contributed by atoms with E-state index in [4.69, 9.17) is 16.9 Å². The van der Waals surface area contributed by atoms with Gasteiger partial charge in [0.15, 0.2) is 0 Å². The summed E-state index contributed by atoms with van der Waals surface area (Å²) in [7, 11) is 0. The number of pyridine rings is 1. The van der Waals surface area contributed by atoms with Crippen molar-refractivity contribution >= 4 is 17.4 Å². The molecule has 0 bridgehead atoms. The Morgan fingerprint density at radius 2 is 1.94 bits per heavy atom. The number of nitriles is 1. The van der Waals surface area contributed by atoms with Gasteiger partial charge in [-0.05, 0) is 16.9 Å². The van der Waals surface area contributed by atoms with Crippen molar-refractivity contribution < 1.29 is 0 Å². The number of nitrogens with one attached hydrogen (secondary N) is 1. The average molecular weight is 250 g/mol. The highest BCUT2D eigenvalue weighted by Crippen LogP contribution is 2.63. The lowest BCUT2D eigenvalue weighted by Gasteiger charge is -2.09. The second-order valence-electron chi connectivity index (χ2n) is 5.65. The molecule has 3 nitrogen and oxygen atoms in total. The molecule has 0 saturated heterocycles. The van der Waals surface area contributed by atoms with Gasteiger partial charge < -0.3 is 5.32 Å². The number of hydrogen-bond donors (Lipinski definition) is 1. The normalized spacial score (nSPS) is 20.7. The summed E-state index contributed by atoms with van der Waals surface area (Å²) >= 11 is 6.12. The van der Waals surface area contributed by atoms with Crippen molar-refractivity contribution in [3.05, 3.63) is 22.8 Å². The lowest BCUT2D eigenvalue weighted by atomic mass is 10.0. The molecule has 1 N–H and O–H groups in total. The van der Waals surface area contributed by atoms with E-state index >= 15 is 0 Å². The Labute approximate surface area is 107 Å². The summed E-state index contributed by atoms with van der Waals surface area (Å²) in [6, 6.07) is 4.01. The van der Waals surface area contributed by atoms with Gasteiger partial charge in [-0.3, -0.25) is 0 Å². The van der Waals surface area contributed by atoms with E-state index in [0.717, 1.165) is 0 Å². The molecular formula is C13H16ClN3. The number of hydrogen-bond acceptors (Lipinski definition) is 3. The molecule has 1 fully saturated rings. The topological polar surface area (TPSA) is 48.7 Å². The summed E-state index contributed by atoms with van der Waals surface area (Å²) in [4.78, 5) is 4.20. The fourth-order valence-electron chi connectivity index (χ4n) is 2.32. The molecule has 17 heavy (non-hydrogen) atoms. The van der Waals surface area contributed by atoms with Gasteiger partial charge >= 0.3 is 0 Å². The zero-order chi connectivity index (χ0) is 12.8. The first-order chi connectivity index (χ1) is 7.82. The van der Waals surface area contributed by atoms with Crippen LogP contribution in [0, 0.1) is 22.2 Å². The first-order valence-corrected chi connectivity index (χ1v) is 6.01. The van der Waals surface area contributed by atoms with Crippen LogP contribution in [0.15, 0.2) is 12.3 Å². The van der Waals surface area contributed by atoms with Crippen LogP contribution < -0.4 is 5.32 Å². The highest BCUT2D eigenvalue weighted by molar-refractivity contribution is 6.34. The largest absolute Gasteiger partial charge is 0.365 e. The van der Waals surface area contributed by atoms with Crippen LogP contribution in [0.4, 0.5) is 5.82 Å². The number of nitrogens with zero attached hydrogens (tertiary/aromatic N) is 2. The quantitative estimate of drug-likeness (QED) is 0.873. The lowest BCUT2D eigenvalue weighted by molar-refractivity contribution is 0.457. The third-order valence-corrected chi connectivity index (χ3v) is 4.69. The Kier molecular flexibility index (Phi) is 2.59. The van der Waals surface area contributed by atoms with E-state index in [1.807, 2.05) is 0 Å². The monoisotopic (exact) mass is 249 g/mol. The van der Waals surface area contributed by atoms with Crippen LogP contribution in [0.5, 0.6) is 0 Å². The van der Waals surface area contributed by atoms with E-state index in [9.17, 15) is 0 Å². The third kappa shape index (κ3) is 1.68. The van der Waals surface area contributed by atoms with Crippen LogP contribution in [0.25, 0.3) is 0 Å².